The number of aromatic nitrogens is 2. The number of hydrogen-bond donors (Lipinski definition) is 1. The van der Waals surface area contributed by atoms with E-state index in [-0.39, 0.29) is 5.41 Å². The molecule has 0 radical (unpaired) electrons. The second-order valence-electron chi connectivity index (χ2n) is 7.60. The third-order valence-electron chi connectivity index (χ3n) is 4.93. The Morgan fingerprint density at radius 3 is 2.62 bits per heavy atom. The standard InChI is InChI=1S/C20H25N3S/c1-5-15-18(13-6-8-14(9-7-13)20(2,3)4)22-19-23(15)16-10-11-21-12-17(16)24-19/h6-9,21H,5,10-12H2,1-4H3. The van der Waals surface area contributed by atoms with Gasteiger partial charge < -0.3 is 5.32 Å². The molecule has 0 fully saturated rings. The van der Waals surface area contributed by atoms with Crippen molar-refractivity contribution in [1.82, 2.24) is 14.7 Å². The maximum atomic E-state index is 5.00. The molecular weight excluding hydrogens is 314 g/mol. The third-order valence-corrected chi connectivity index (χ3v) is 6.01. The molecule has 4 heteroatoms. The summed E-state index contributed by atoms with van der Waals surface area (Å²) in [5.74, 6) is 0. The van der Waals surface area contributed by atoms with Gasteiger partial charge in [-0.25, -0.2) is 4.98 Å². The summed E-state index contributed by atoms with van der Waals surface area (Å²) in [5, 5.41) is 3.47. The topological polar surface area (TPSA) is 29.3 Å². The summed E-state index contributed by atoms with van der Waals surface area (Å²) >= 11 is 1.84. The first-order valence-corrected chi connectivity index (χ1v) is 9.64. The largest absolute Gasteiger partial charge is 0.311 e. The van der Waals surface area contributed by atoms with E-state index in [1.165, 1.54) is 27.4 Å². The number of rotatable bonds is 2. The van der Waals surface area contributed by atoms with Gasteiger partial charge in [0.25, 0.3) is 0 Å². The maximum Gasteiger partial charge on any atom is 0.194 e. The Hall–Kier alpha value is -1.65. The lowest BCUT2D eigenvalue weighted by molar-refractivity contribution is 0.590. The Balaban J connectivity index is 1.83. The molecular formula is C20H25N3S. The van der Waals surface area contributed by atoms with Crippen LogP contribution >= 0.6 is 11.3 Å². The molecule has 3 aromatic rings. The summed E-state index contributed by atoms with van der Waals surface area (Å²) in [6, 6.07) is 8.98. The van der Waals surface area contributed by atoms with Crippen LogP contribution in [0, 0.1) is 0 Å². The van der Waals surface area contributed by atoms with Crippen LogP contribution in [0.3, 0.4) is 0 Å². The Morgan fingerprint density at radius 2 is 1.96 bits per heavy atom. The van der Waals surface area contributed by atoms with Crippen molar-refractivity contribution in [1.29, 1.82) is 0 Å². The SMILES string of the molecule is CCc1c(-c2ccc(C(C)(C)C)cc2)nc2sc3c(n12)CCNC3. The average Bonchev–Trinajstić information content (AvgIpc) is 3.09. The number of fused-ring (bicyclic) bond motifs is 3. The van der Waals surface area contributed by atoms with Gasteiger partial charge in [-0.05, 0) is 17.4 Å². The second kappa shape index (κ2) is 5.71. The van der Waals surface area contributed by atoms with Gasteiger partial charge in [0.1, 0.15) is 0 Å². The molecule has 3 nitrogen and oxygen atoms in total. The molecule has 0 saturated heterocycles. The Morgan fingerprint density at radius 1 is 1.21 bits per heavy atom. The Kier molecular flexibility index (Phi) is 3.77. The van der Waals surface area contributed by atoms with Gasteiger partial charge in [-0.15, -0.1) is 0 Å². The number of thiazole rings is 1. The zero-order chi connectivity index (χ0) is 16.9. The molecule has 0 spiro atoms. The summed E-state index contributed by atoms with van der Waals surface area (Å²) in [7, 11) is 0. The highest BCUT2D eigenvalue weighted by molar-refractivity contribution is 7.17. The van der Waals surface area contributed by atoms with Gasteiger partial charge in [0.15, 0.2) is 4.96 Å². The van der Waals surface area contributed by atoms with Crippen molar-refractivity contribution in [2.45, 2.75) is 52.5 Å². The zero-order valence-electron chi connectivity index (χ0n) is 14.9. The van der Waals surface area contributed by atoms with Crippen LogP contribution < -0.4 is 5.32 Å². The van der Waals surface area contributed by atoms with E-state index in [0.717, 1.165) is 36.6 Å². The first kappa shape index (κ1) is 15.9. The van der Waals surface area contributed by atoms with Gasteiger partial charge in [0, 0.05) is 35.6 Å². The lowest BCUT2D eigenvalue weighted by Crippen LogP contribution is -2.23. The second-order valence-corrected chi connectivity index (χ2v) is 8.67. The van der Waals surface area contributed by atoms with Crippen LogP contribution in [0.15, 0.2) is 24.3 Å². The molecule has 0 aliphatic carbocycles. The molecule has 0 saturated carbocycles. The summed E-state index contributed by atoms with van der Waals surface area (Å²) < 4.78 is 2.42. The molecule has 1 N–H and O–H groups in total. The molecule has 4 rings (SSSR count). The minimum atomic E-state index is 0.187. The first-order chi connectivity index (χ1) is 11.5. The predicted molar refractivity (Wildman–Crippen MR) is 102 cm³/mol. The Labute approximate surface area is 147 Å². The molecule has 0 bridgehead atoms. The molecule has 1 aliphatic heterocycles. The van der Waals surface area contributed by atoms with Gasteiger partial charge in [-0.2, -0.15) is 0 Å². The molecule has 3 heterocycles. The number of nitrogens with zero attached hydrogens (tertiary/aromatic N) is 2. The van der Waals surface area contributed by atoms with Crippen LogP contribution in [0.4, 0.5) is 0 Å². The van der Waals surface area contributed by atoms with E-state index >= 15 is 0 Å². The van der Waals surface area contributed by atoms with E-state index in [1.807, 2.05) is 11.3 Å². The number of hydrogen-bond acceptors (Lipinski definition) is 3. The van der Waals surface area contributed by atoms with E-state index in [2.05, 4.69) is 61.7 Å². The summed E-state index contributed by atoms with van der Waals surface area (Å²) in [4.78, 5) is 7.60. The molecule has 0 amide bonds. The fraction of sp³-hybridized carbons (Fsp3) is 0.450. The van der Waals surface area contributed by atoms with Gasteiger partial charge in [0.05, 0.1) is 11.4 Å². The lowest BCUT2D eigenvalue weighted by Gasteiger charge is -2.19. The molecule has 1 aliphatic rings. The Bertz CT molecular complexity index is 878. The summed E-state index contributed by atoms with van der Waals surface area (Å²) in [6.07, 6.45) is 2.11. The van der Waals surface area contributed by atoms with Crippen LogP contribution in [-0.2, 0) is 24.8 Å². The highest BCUT2D eigenvalue weighted by Gasteiger charge is 2.22. The van der Waals surface area contributed by atoms with Gasteiger partial charge in [-0.1, -0.05) is 63.3 Å². The highest BCUT2D eigenvalue weighted by atomic mass is 32.1. The van der Waals surface area contributed by atoms with Crippen molar-refractivity contribution in [3.63, 3.8) is 0 Å². The average molecular weight is 340 g/mol. The van der Waals surface area contributed by atoms with Crippen LogP contribution in [0.5, 0.6) is 0 Å². The molecule has 0 atom stereocenters. The van der Waals surface area contributed by atoms with Gasteiger partial charge >= 0.3 is 0 Å². The van der Waals surface area contributed by atoms with Crippen molar-refractivity contribution < 1.29 is 0 Å². The minimum Gasteiger partial charge on any atom is -0.311 e. The monoisotopic (exact) mass is 339 g/mol. The maximum absolute atomic E-state index is 5.00. The van der Waals surface area contributed by atoms with E-state index < -0.39 is 0 Å². The van der Waals surface area contributed by atoms with Crippen molar-refractivity contribution >= 4 is 16.3 Å². The van der Waals surface area contributed by atoms with E-state index in [1.54, 1.807) is 0 Å². The quantitative estimate of drug-likeness (QED) is 0.741. The molecule has 126 valence electrons. The molecule has 2 aromatic heterocycles. The van der Waals surface area contributed by atoms with Crippen molar-refractivity contribution in [2.24, 2.45) is 0 Å². The van der Waals surface area contributed by atoms with Crippen LogP contribution in [0.25, 0.3) is 16.2 Å². The summed E-state index contributed by atoms with van der Waals surface area (Å²) in [5.41, 5.74) is 6.77. The first-order valence-electron chi connectivity index (χ1n) is 8.82. The fourth-order valence-corrected chi connectivity index (χ4v) is 4.71. The molecule has 24 heavy (non-hydrogen) atoms. The molecule has 0 unspecified atom stereocenters. The van der Waals surface area contributed by atoms with Crippen molar-refractivity contribution in [3.05, 3.63) is 46.1 Å². The van der Waals surface area contributed by atoms with E-state index in [0.29, 0.717) is 0 Å². The van der Waals surface area contributed by atoms with Crippen LogP contribution in [0.1, 0.15) is 49.5 Å². The van der Waals surface area contributed by atoms with Gasteiger partial charge in [-0.3, -0.25) is 4.40 Å². The number of benzene rings is 1. The van der Waals surface area contributed by atoms with Crippen molar-refractivity contribution in [3.8, 4) is 11.3 Å². The molecule has 1 aromatic carbocycles. The number of nitrogens with one attached hydrogen (secondary N) is 1. The van der Waals surface area contributed by atoms with E-state index in [9.17, 15) is 0 Å². The highest BCUT2D eigenvalue weighted by Crippen LogP contribution is 2.34. The number of imidazole rings is 1. The van der Waals surface area contributed by atoms with Crippen LogP contribution in [0.2, 0.25) is 0 Å². The minimum absolute atomic E-state index is 0.187. The lowest BCUT2D eigenvalue weighted by atomic mass is 9.86. The van der Waals surface area contributed by atoms with Crippen molar-refractivity contribution in [2.75, 3.05) is 6.54 Å². The fourth-order valence-electron chi connectivity index (χ4n) is 3.56. The smallest absolute Gasteiger partial charge is 0.194 e. The normalized spacial score (nSPS) is 15.0. The predicted octanol–water partition coefficient (Wildman–Crippen LogP) is 4.57. The number of aryl methyl sites for hydroxylation is 1. The van der Waals surface area contributed by atoms with Crippen LogP contribution in [-0.4, -0.2) is 15.9 Å². The third kappa shape index (κ3) is 2.49. The van der Waals surface area contributed by atoms with E-state index in [4.69, 9.17) is 4.98 Å². The summed E-state index contributed by atoms with van der Waals surface area (Å²) in [6.45, 7) is 11.1. The zero-order valence-corrected chi connectivity index (χ0v) is 15.8. The van der Waals surface area contributed by atoms with Gasteiger partial charge in [0.2, 0.25) is 0 Å².